The first-order valence-corrected chi connectivity index (χ1v) is 5.76. The van der Waals surface area contributed by atoms with E-state index in [1.807, 2.05) is 14.1 Å². The summed E-state index contributed by atoms with van der Waals surface area (Å²) in [7, 11) is 3.65. The molecule has 0 aliphatic rings. The van der Waals surface area contributed by atoms with E-state index in [4.69, 9.17) is 5.73 Å². The normalized spacial score (nSPS) is 10.5. The number of nitrogens with two attached hydrogens (primary N) is 1. The maximum Gasteiger partial charge on any atom is 0.269 e. The first-order valence-electron chi connectivity index (χ1n) is 5.76. The maximum absolute atomic E-state index is 13.2. The Bertz CT molecular complexity index is 651. The minimum Gasteiger partial charge on any atom is -0.398 e. The minimum atomic E-state index is -0.387. The number of anilines is 2. The summed E-state index contributed by atoms with van der Waals surface area (Å²) in [5, 5.41) is 4.05. The highest BCUT2D eigenvalue weighted by Crippen LogP contribution is 2.14. The highest BCUT2D eigenvalue weighted by Gasteiger charge is 2.06. The van der Waals surface area contributed by atoms with Crippen LogP contribution >= 0.6 is 0 Å². The molecule has 2 aromatic rings. The molecular weight excluding hydrogens is 247 g/mol. The molecule has 0 saturated carbocycles. The Kier molecular flexibility index (Phi) is 3.50. The molecule has 0 radical (unpaired) electrons. The van der Waals surface area contributed by atoms with Crippen molar-refractivity contribution in [3.8, 4) is 0 Å². The van der Waals surface area contributed by atoms with Crippen LogP contribution in [0.15, 0.2) is 35.3 Å². The van der Waals surface area contributed by atoms with E-state index in [-0.39, 0.29) is 17.9 Å². The molecule has 0 spiro atoms. The van der Waals surface area contributed by atoms with Gasteiger partial charge in [-0.25, -0.2) is 9.07 Å². The lowest BCUT2D eigenvalue weighted by molar-refractivity contribution is 0.611. The number of hydrogen-bond acceptors (Lipinski definition) is 4. The lowest BCUT2D eigenvalue weighted by atomic mass is 10.2. The Morgan fingerprint density at radius 3 is 2.74 bits per heavy atom. The maximum atomic E-state index is 13.2. The molecule has 2 rings (SSSR count). The summed E-state index contributed by atoms with van der Waals surface area (Å²) < 4.78 is 14.4. The molecule has 0 aliphatic carbocycles. The van der Waals surface area contributed by atoms with Crippen LogP contribution < -0.4 is 16.2 Å². The molecule has 5 nitrogen and oxygen atoms in total. The van der Waals surface area contributed by atoms with Crippen LogP contribution in [0.5, 0.6) is 0 Å². The van der Waals surface area contributed by atoms with E-state index in [0.29, 0.717) is 16.9 Å². The molecule has 0 fully saturated rings. The molecule has 19 heavy (non-hydrogen) atoms. The largest absolute Gasteiger partial charge is 0.398 e. The van der Waals surface area contributed by atoms with E-state index in [1.165, 1.54) is 28.9 Å². The Hall–Kier alpha value is -2.37. The third-order valence-electron chi connectivity index (χ3n) is 2.80. The minimum absolute atomic E-state index is 0.149. The van der Waals surface area contributed by atoms with Gasteiger partial charge in [0.15, 0.2) is 0 Å². The zero-order valence-corrected chi connectivity index (χ0v) is 10.8. The number of nitrogens with zero attached hydrogens (tertiary/aromatic N) is 3. The van der Waals surface area contributed by atoms with Gasteiger partial charge in [-0.2, -0.15) is 5.10 Å². The van der Waals surface area contributed by atoms with Crippen molar-refractivity contribution in [2.45, 2.75) is 6.54 Å². The van der Waals surface area contributed by atoms with Crippen molar-refractivity contribution < 1.29 is 4.39 Å². The van der Waals surface area contributed by atoms with Gasteiger partial charge in [-0.05, 0) is 23.8 Å². The summed E-state index contributed by atoms with van der Waals surface area (Å²) in [6, 6.07) is 5.54. The molecule has 2 N–H and O–H groups in total. The van der Waals surface area contributed by atoms with Crippen molar-refractivity contribution in [2.24, 2.45) is 0 Å². The average Bonchev–Trinajstić information content (AvgIpc) is 2.36. The second kappa shape index (κ2) is 5.09. The zero-order chi connectivity index (χ0) is 14.0. The van der Waals surface area contributed by atoms with Gasteiger partial charge in [-0.3, -0.25) is 4.79 Å². The highest BCUT2D eigenvalue weighted by atomic mass is 19.1. The molecule has 0 amide bonds. The Morgan fingerprint density at radius 1 is 1.37 bits per heavy atom. The number of nitrogen functional groups attached to an aromatic ring is 1. The molecule has 0 bridgehead atoms. The van der Waals surface area contributed by atoms with Crippen molar-refractivity contribution in [1.29, 1.82) is 0 Å². The van der Waals surface area contributed by atoms with Crippen LogP contribution in [0.1, 0.15) is 5.56 Å². The summed E-state index contributed by atoms with van der Waals surface area (Å²) in [5.74, 6) is -0.387. The zero-order valence-electron chi connectivity index (χ0n) is 10.8. The lowest BCUT2D eigenvalue weighted by Crippen LogP contribution is -2.25. The second-order valence-corrected chi connectivity index (χ2v) is 4.45. The molecule has 1 heterocycles. The van der Waals surface area contributed by atoms with E-state index in [9.17, 15) is 9.18 Å². The van der Waals surface area contributed by atoms with Gasteiger partial charge in [-0.15, -0.1) is 0 Å². The number of benzene rings is 1. The number of hydrogen-bond donors (Lipinski definition) is 1. The van der Waals surface area contributed by atoms with Crippen LogP contribution in [-0.4, -0.2) is 23.9 Å². The van der Waals surface area contributed by atoms with Crippen LogP contribution in [0, 0.1) is 5.82 Å². The van der Waals surface area contributed by atoms with Crippen molar-refractivity contribution in [3.63, 3.8) is 0 Å². The predicted molar refractivity (Wildman–Crippen MR) is 72.7 cm³/mol. The summed E-state index contributed by atoms with van der Waals surface area (Å²) in [4.78, 5) is 13.7. The van der Waals surface area contributed by atoms with Gasteiger partial charge in [0.1, 0.15) is 5.82 Å². The van der Waals surface area contributed by atoms with Crippen molar-refractivity contribution in [2.75, 3.05) is 24.7 Å². The average molecular weight is 262 g/mol. The Morgan fingerprint density at radius 2 is 2.11 bits per heavy atom. The van der Waals surface area contributed by atoms with Gasteiger partial charge in [0.25, 0.3) is 5.56 Å². The number of rotatable bonds is 3. The monoisotopic (exact) mass is 262 g/mol. The topological polar surface area (TPSA) is 64.2 Å². The lowest BCUT2D eigenvalue weighted by Gasteiger charge is -2.13. The van der Waals surface area contributed by atoms with Gasteiger partial charge in [-0.1, -0.05) is 0 Å². The first kappa shape index (κ1) is 13.1. The molecule has 0 atom stereocenters. The third kappa shape index (κ3) is 2.90. The van der Waals surface area contributed by atoms with Gasteiger partial charge in [0.2, 0.25) is 0 Å². The van der Waals surface area contributed by atoms with Crippen molar-refractivity contribution in [1.82, 2.24) is 9.78 Å². The van der Waals surface area contributed by atoms with Crippen LogP contribution in [0.25, 0.3) is 0 Å². The van der Waals surface area contributed by atoms with Crippen LogP contribution in [0.2, 0.25) is 0 Å². The van der Waals surface area contributed by atoms with Crippen molar-refractivity contribution >= 4 is 11.4 Å². The van der Waals surface area contributed by atoms with Crippen LogP contribution in [0.4, 0.5) is 15.8 Å². The summed E-state index contributed by atoms with van der Waals surface area (Å²) >= 11 is 0. The molecule has 6 heteroatoms. The van der Waals surface area contributed by atoms with Crippen LogP contribution in [-0.2, 0) is 6.54 Å². The highest BCUT2D eigenvalue weighted by molar-refractivity contribution is 5.47. The second-order valence-electron chi connectivity index (χ2n) is 4.45. The van der Waals surface area contributed by atoms with Gasteiger partial charge >= 0.3 is 0 Å². The first-order chi connectivity index (χ1) is 8.97. The van der Waals surface area contributed by atoms with Gasteiger partial charge in [0, 0.05) is 25.8 Å². The predicted octanol–water partition coefficient (Wildman–Crippen LogP) is 1.08. The smallest absolute Gasteiger partial charge is 0.269 e. The molecular formula is C13H15FN4O. The Labute approximate surface area is 110 Å². The van der Waals surface area contributed by atoms with E-state index in [0.717, 1.165) is 0 Å². The third-order valence-corrected chi connectivity index (χ3v) is 2.80. The Balaban J connectivity index is 2.34. The van der Waals surface area contributed by atoms with E-state index in [1.54, 1.807) is 11.1 Å². The molecule has 0 saturated heterocycles. The van der Waals surface area contributed by atoms with E-state index < -0.39 is 0 Å². The number of halogens is 1. The molecule has 1 aromatic heterocycles. The van der Waals surface area contributed by atoms with Crippen LogP contribution in [0.3, 0.4) is 0 Å². The van der Waals surface area contributed by atoms with E-state index >= 15 is 0 Å². The van der Waals surface area contributed by atoms with E-state index in [2.05, 4.69) is 5.10 Å². The molecule has 0 aliphatic heterocycles. The fraction of sp³-hybridized carbons (Fsp3) is 0.231. The quantitative estimate of drug-likeness (QED) is 0.841. The summed E-state index contributed by atoms with van der Waals surface area (Å²) in [6.07, 6.45) is 1.58. The SMILES string of the molecule is CN(C)c1cnn(Cc2cc(F)ccc2N)c(=O)c1. The summed E-state index contributed by atoms with van der Waals surface area (Å²) in [5.41, 5.74) is 7.18. The molecule has 0 unspecified atom stereocenters. The number of aromatic nitrogens is 2. The standard InChI is InChI=1S/C13H15FN4O/c1-17(2)11-6-13(19)18(16-7-11)8-9-5-10(14)3-4-12(9)15/h3-7H,8,15H2,1-2H3. The fourth-order valence-electron chi connectivity index (χ4n) is 1.66. The van der Waals surface area contributed by atoms with Gasteiger partial charge in [0.05, 0.1) is 18.4 Å². The van der Waals surface area contributed by atoms with Gasteiger partial charge < -0.3 is 10.6 Å². The fourth-order valence-corrected chi connectivity index (χ4v) is 1.66. The summed E-state index contributed by atoms with van der Waals surface area (Å²) in [6.45, 7) is 0.149. The molecule has 1 aromatic carbocycles. The van der Waals surface area contributed by atoms with Crippen molar-refractivity contribution in [3.05, 3.63) is 52.2 Å². The molecule has 100 valence electrons.